The van der Waals surface area contributed by atoms with Crippen LogP contribution in [0.2, 0.25) is 0 Å². The van der Waals surface area contributed by atoms with Gasteiger partial charge in [0.1, 0.15) is 11.5 Å². The zero-order valence-electron chi connectivity index (χ0n) is 19.4. The summed E-state index contributed by atoms with van der Waals surface area (Å²) in [5.41, 5.74) is 6.99. The lowest BCUT2D eigenvalue weighted by Crippen LogP contribution is -2.17. The summed E-state index contributed by atoms with van der Waals surface area (Å²) < 4.78 is 6.53. The van der Waals surface area contributed by atoms with Crippen molar-refractivity contribution in [1.82, 2.24) is 4.98 Å². The molecule has 1 aliphatic heterocycles. The molecule has 0 radical (unpaired) electrons. The number of aromatic amines is 1. The largest absolute Gasteiger partial charge is 0.456 e. The number of nitrogens with zero attached hydrogens (tertiary/aromatic N) is 1. The Morgan fingerprint density at radius 3 is 2.34 bits per heavy atom. The number of fused-ring (bicyclic) bond motifs is 2. The number of hydrogen-bond acceptors (Lipinski definition) is 2. The van der Waals surface area contributed by atoms with Crippen molar-refractivity contribution in [2.75, 3.05) is 6.54 Å². The van der Waals surface area contributed by atoms with Crippen LogP contribution in [0.15, 0.2) is 126 Å². The number of allylic oxidation sites excluding steroid dienone is 1. The van der Waals surface area contributed by atoms with E-state index in [4.69, 9.17) is 9.73 Å². The molecule has 170 valence electrons. The van der Waals surface area contributed by atoms with Gasteiger partial charge in [-0.3, -0.25) is 4.99 Å². The number of rotatable bonds is 6. The molecule has 2 heterocycles. The molecule has 0 spiro atoms. The minimum atomic E-state index is 0.0493. The fraction of sp³-hybridized carbons (Fsp3) is 0.0938. The van der Waals surface area contributed by atoms with Crippen LogP contribution in [0.1, 0.15) is 28.2 Å². The monoisotopic (exact) mass is 454 g/mol. The summed E-state index contributed by atoms with van der Waals surface area (Å²) in [7, 11) is 0. The third-order valence-corrected chi connectivity index (χ3v) is 6.60. The molecule has 6 rings (SSSR count). The van der Waals surface area contributed by atoms with Gasteiger partial charge in [0, 0.05) is 52.5 Å². The first-order chi connectivity index (χ1) is 17.4. The molecule has 0 saturated heterocycles. The quantitative estimate of drug-likeness (QED) is 0.266. The molecule has 3 nitrogen and oxygen atoms in total. The number of hydrogen-bond donors (Lipinski definition) is 1. The lowest BCUT2D eigenvalue weighted by atomic mass is 9.81. The zero-order valence-corrected chi connectivity index (χ0v) is 19.4. The summed E-state index contributed by atoms with van der Waals surface area (Å²) in [5, 5.41) is 1.27. The van der Waals surface area contributed by atoms with Gasteiger partial charge in [-0.1, -0.05) is 97.1 Å². The minimum absolute atomic E-state index is 0.0493. The van der Waals surface area contributed by atoms with E-state index in [1.807, 2.05) is 18.3 Å². The smallest absolute Gasteiger partial charge is 0.140 e. The maximum absolute atomic E-state index is 6.53. The van der Waals surface area contributed by atoms with E-state index in [0.717, 1.165) is 34.6 Å². The highest BCUT2D eigenvalue weighted by atomic mass is 16.5. The van der Waals surface area contributed by atoms with Gasteiger partial charge in [0.05, 0.1) is 0 Å². The molecule has 1 aliphatic rings. The van der Waals surface area contributed by atoms with Crippen molar-refractivity contribution in [3.63, 3.8) is 0 Å². The number of aromatic nitrogens is 1. The van der Waals surface area contributed by atoms with Gasteiger partial charge < -0.3 is 9.72 Å². The number of aliphatic imine (C=N–C) groups is 1. The second kappa shape index (κ2) is 9.47. The molecule has 1 atom stereocenters. The Labute approximate surface area is 205 Å². The molecule has 0 unspecified atom stereocenters. The molecule has 0 fully saturated rings. The number of H-pyrrole nitrogens is 1. The van der Waals surface area contributed by atoms with Gasteiger partial charge >= 0.3 is 0 Å². The summed E-state index contributed by atoms with van der Waals surface area (Å²) in [5.74, 6) is 1.82. The van der Waals surface area contributed by atoms with Crippen LogP contribution in [0, 0.1) is 0 Å². The standard InChI is InChI=1S/C32H26N2O/c1-3-11-23(12-4-1)31-27-16-8-10-18-30(27)35-32(24-13-5-2-6-14-24)28(31)22-33-20-19-25-21-34-29-17-9-7-15-26(25)29/h1-18,21-22,31,34H,19-20H2/t31-/m1/s1. The normalized spacial score (nSPS) is 15.4. The first-order valence-electron chi connectivity index (χ1n) is 12.0. The molecule has 4 aromatic carbocycles. The molecule has 1 aromatic heterocycles. The van der Waals surface area contributed by atoms with Crippen molar-refractivity contribution in [3.05, 3.63) is 143 Å². The van der Waals surface area contributed by atoms with E-state index in [1.165, 1.54) is 22.0 Å². The summed E-state index contributed by atoms with van der Waals surface area (Å²) in [6.07, 6.45) is 5.01. The fourth-order valence-corrected chi connectivity index (χ4v) is 4.92. The highest BCUT2D eigenvalue weighted by Gasteiger charge is 2.30. The van der Waals surface area contributed by atoms with Crippen LogP contribution in [0.3, 0.4) is 0 Å². The van der Waals surface area contributed by atoms with Crippen LogP contribution in [0.5, 0.6) is 5.75 Å². The van der Waals surface area contributed by atoms with Gasteiger partial charge in [-0.05, 0) is 29.7 Å². The van der Waals surface area contributed by atoms with Gasteiger partial charge in [0.2, 0.25) is 0 Å². The van der Waals surface area contributed by atoms with Crippen molar-refractivity contribution in [1.29, 1.82) is 0 Å². The van der Waals surface area contributed by atoms with Gasteiger partial charge in [0.15, 0.2) is 0 Å². The predicted molar refractivity (Wildman–Crippen MR) is 144 cm³/mol. The molecule has 0 aliphatic carbocycles. The summed E-state index contributed by atoms with van der Waals surface area (Å²) in [6, 6.07) is 37.7. The van der Waals surface area contributed by atoms with E-state index in [9.17, 15) is 0 Å². The van der Waals surface area contributed by atoms with E-state index in [2.05, 4.69) is 108 Å². The van der Waals surface area contributed by atoms with E-state index in [0.29, 0.717) is 6.54 Å². The minimum Gasteiger partial charge on any atom is -0.456 e. The first-order valence-corrected chi connectivity index (χ1v) is 12.0. The maximum Gasteiger partial charge on any atom is 0.140 e. The van der Waals surface area contributed by atoms with Crippen LogP contribution in [0.4, 0.5) is 0 Å². The molecule has 0 amide bonds. The van der Waals surface area contributed by atoms with Crippen molar-refractivity contribution in [2.24, 2.45) is 4.99 Å². The van der Waals surface area contributed by atoms with Crippen LogP contribution in [-0.4, -0.2) is 17.7 Å². The summed E-state index contributed by atoms with van der Waals surface area (Å²) in [4.78, 5) is 8.29. The third kappa shape index (κ3) is 4.17. The molecular formula is C32H26N2O. The van der Waals surface area contributed by atoms with Gasteiger partial charge in [-0.25, -0.2) is 0 Å². The second-order valence-corrected chi connectivity index (χ2v) is 8.78. The molecule has 3 heteroatoms. The maximum atomic E-state index is 6.53. The van der Waals surface area contributed by atoms with Gasteiger partial charge in [0.25, 0.3) is 0 Å². The molecule has 0 saturated carbocycles. The Morgan fingerprint density at radius 2 is 1.49 bits per heavy atom. The van der Waals surface area contributed by atoms with Crippen LogP contribution < -0.4 is 4.74 Å². The van der Waals surface area contributed by atoms with Gasteiger partial charge in [-0.2, -0.15) is 0 Å². The highest BCUT2D eigenvalue weighted by molar-refractivity contribution is 5.94. The Morgan fingerprint density at radius 1 is 0.771 bits per heavy atom. The van der Waals surface area contributed by atoms with Crippen molar-refractivity contribution >= 4 is 22.9 Å². The van der Waals surface area contributed by atoms with Crippen molar-refractivity contribution in [2.45, 2.75) is 12.3 Å². The molecular weight excluding hydrogens is 428 g/mol. The van der Waals surface area contributed by atoms with Crippen LogP contribution in [-0.2, 0) is 6.42 Å². The first kappa shape index (κ1) is 21.2. The average molecular weight is 455 g/mol. The van der Waals surface area contributed by atoms with E-state index < -0.39 is 0 Å². The number of benzene rings is 4. The number of nitrogens with one attached hydrogen (secondary N) is 1. The molecule has 1 N–H and O–H groups in total. The Bertz CT molecular complexity index is 1510. The third-order valence-electron chi connectivity index (χ3n) is 6.60. The Kier molecular flexibility index (Phi) is 5.73. The predicted octanol–water partition coefficient (Wildman–Crippen LogP) is 7.42. The topological polar surface area (TPSA) is 37.4 Å². The fourth-order valence-electron chi connectivity index (χ4n) is 4.92. The molecule has 0 bridgehead atoms. The lowest BCUT2D eigenvalue weighted by Gasteiger charge is -2.30. The van der Waals surface area contributed by atoms with Crippen LogP contribution >= 0.6 is 0 Å². The van der Waals surface area contributed by atoms with E-state index in [1.54, 1.807) is 0 Å². The SMILES string of the molecule is C(=NCCc1c[nH]c2ccccc12)C1=C(c2ccccc2)Oc2ccccc2[C@H]1c1ccccc1. The van der Waals surface area contributed by atoms with Gasteiger partial charge in [-0.15, -0.1) is 0 Å². The van der Waals surface area contributed by atoms with Crippen molar-refractivity contribution in [3.8, 4) is 5.75 Å². The van der Waals surface area contributed by atoms with Crippen LogP contribution in [0.25, 0.3) is 16.7 Å². The number of ether oxygens (including phenoxy) is 1. The lowest BCUT2D eigenvalue weighted by molar-refractivity contribution is 0.489. The summed E-state index contributed by atoms with van der Waals surface area (Å²) in [6.45, 7) is 0.705. The van der Waals surface area contributed by atoms with E-state index >= 15 is 0 Å². The molecule has 35 heavy (non-hydrogen) atoms. The number of para-hydroxylation sites is 2. The second-order valence-electron chi connectivity index (χ2n) is 8.78. The van der Waals surface area contributed by atoms with Crippen molar-refractivity contribution < 1.29 is 4.74 Å². The Hall–Kier alpha value is -4.37. The highest BCUT2D eigenvalue weighted by Crippen LogP contribution is 2.44. The molecule has 5 aromatic rings. The summed E-state index contributed by atoms with van der Waals surface area (Å²) >= 11 is 0. The van der Waals surface area contributed by atoms with E-state index in [-0.39, 0.29) is 5.92 Å². The average Bonchev–Trinajstić information content (AvgIpc) is 3.34. The zero-order chi connectivity index (χ0) is 23.5. The Balaban J connectivity index is 1.40.